The van der Waals surface area contributed by atoms with Gasteiger partial charge in [-0.2, -0.15) is 0 Å². The lowest BCUT2D eigenvalue weighted by Gasteiger charge is -2.12. The highest BCUT2D eigenvalue weighted by molar-refractivity contribution is 5.97. The first-order chi connectivity index (χ1) is 13.4. The van der Waals surface area contributed by atoms with E-state index in [1.54, 1.807) is 18.2 Å². The third kappa shape index (κ3) is 4.50. The van der Waals surface area contributed by atoms with Crippen LogP contribution in [0, 0.1) is 11.6 Å². The van der Waals surface area contributed by atoms with Crippen LogP contribution in [0.1, 0.15) is 26.3 Å². The van der Waals surface area contributed by atoms with Gasteiger partial charge in [-0.1, -0.05) is 18.2 Å². The maximum Gasteiger partial charge on any atom is 0.336 e. The fourth-order valence-electron chi connectivity index (χ4n) is 2.55. The van der Waals surface area contributed by atoms with Crippen molar-refractivity contribution in [1.29, 1.82) is 0 Å². The van der Waals surface area contributed by atoms with Gasteiger partial charge in [-0.25, -0.2) is 13.6 Å². The molecule has 0 aliphatic heterocycles. The second kappa shape index (κ2) is 8.30. The fraction of sp³-hybridized carbons (Fsp3) is 0.0476. The van der Waals surface area contributed by atoms with Crippen molar-refractivity contribution in [3.63, 3.8) is 0 Å². The van der Waals surface area contributed by atoms with Crippen molar-refractivity contribution in [2.24, 2.45) is 0 Å². The summed E-state index contributed by atoms with van der Waals surface area (Å²) in [4.78, 5) is 23.8. The average Bonchev–Trinajstić information content (AvgIpc) is 2.68. The molecule has 2 N–H and O–H groups in total. The first-order valence-corrected chi connectivity index (χ1v) is 8.26. The van der Waals surface area contributed by atoms with E-state index in [1.807, 2.05) is 0 Å². The number of hydrogen-bond donors (Lipinski definition) is 2. The third-order valence-electron chi connectivity index (χ3n) is 3.92. The Labute approximate surface area is 159 Å². The lowest BCUT2D eigenvalue weighted by Crippen LogP contribution is -2.24. The fourth-order valence-corrected chi connectivity index (χ4v) is 2.55. The highest BCUT2D eigenvalue weighted by atomic mass is 19.1. The molecule has 28 heavy (non-hydrogen) atoms. The zero-order valence-corrected chi connectivity index (χ0v) is 14.5. The Hall–Kier alpha value is -3.74. The van der Waals surface area contributed by atoms with E-state index in [-0.39, 0.29) is 29.2 Å². The van der Waals surface area contributed by atoms with Crippen LogP contribution in [0.2, 0.25) is 0 Å². The Morgan fingerprint density at radius 2 is 1.57 bits per heavy atom. The molecule has 0 saturated carbocycles. The SMILES string of the molecule is O=C(O)c1ccccc1CNC(=O)c1ccc(F)cc1Oc1ccc(F)cc1. The Morgan fingerprint density at radius 3 is 2.29 bits per heavy atom. The van der Waals surface area contributed by atoms with Gasteiger partial charge in [0.2, 0.25) is 0 Å². The summed E-state index contributed by atoms with van der Waals surface area (Å²) in [5.74, 6) is -2.55. The number of carboxylic acids is 1. The molecule has 0 aromatic heterocycles. The van der Waals surface area contributed by atoms with E-state index < -0.39 is 23.5 Å². The number of carbonyl (C=O) groups is 2. The molecular weight excluding hydrogens is 368 g/mol. The smallest absolute Gasteiger partial charge is 0.336 e. The second-order valence-corrected chi connectivity index (χ2v) is 5.84. The monoisotopic (exact) mass is 383 g/mol. The van der Waals surface area contributed by atoms with Crippen LogP contribution in [0.15, 0.2) is 66.7 Å². The van der Waals surface area contributed by atoms with Gasteiger partial charge in [-0.3, -0.25) is 4.79 Å². The van der Waals surface area contributed by atoms with Crippen LogP contribution in [0.3, 0.4) is 0 Å². The number of carboxylic acid groups (broad SMARTS) is 1. The van der Waals surface area contributed by atoms with Gasteiger partial charge in [-0.05, 0) is 48.0 Å². The minimum Gasteiger partial charge on any atom is -0.478 e. The molecule has 0 unspecified atom stereocenters. The zero-order valence-electron chi connectivity index (χ0n) is 14.5. The Balaban J connectivity index is 1.80. The molecule has 0 saturated heterocycles. The number of nitrogens with one attached hydrogen (secondary N) is 1. The van der Waals surface area contributed by atoms with Gasteiger partial charge >= 0.3 is 5.97 Å². The van der Waals surface area contributed by atoms with Crippen LogP contribution in [0.25, 0.3) is 0 Å². The number of halogens is 2. The first kappa shape index (κ1) is 19.0. The van der Waals surface area contributed by atoms with Crippen LogP contribution < -0.4 is 10.1 Å². The number of aromatic carboxylic acids is 1. The molecule has 3 aromatic rings. The Kier molecular flexibility index (Phi) is 5.64. The van der Waals surface area contributed by atoms with E-state index in [2.05, 4.69) is 5.32 Å². The normalized spacial score (nSPS) is 10.4. The molecule has 0 radical (unpaired) electrons. The molecule has 142 valence electrons. The van der Waals surface area contributed by atoms with Gasteiger partial charge in [0.25, 0.3) is 5.91 Å². The molecular formula is C21H15F2NO4. The molecule has 3 aromatic carbocycles. The summed E-state index contributed by atoms with van der Waals surface area (Å²) >= 11 is 0. The second-order valence-electron chi connectivity index (χ2n) is 5.84. The molecule has 0 aliphatic carbocycles. The number of amides is 1. The molecule has 1 amide bonds. The summed E-state index contributed by atoms with van der Waals surface area (Å²) in [5, 5.41) is 11.8. The van der Waals surface area contributed by atoms with Crippen molar-refractivity contribution in [1.82, 2.24) is 5.32 Å². The van der Waals surface area contributed by atoms with E-state index in [4.69, 9.17) is 4.74 Å². The number of benzene rings is 3. The lowest BCUT2D eigenvalue weighted by atomic mass is 10.1. The molecule has 0 heterocycles. The van der Waals surface area contributed by atoms with E-state index >= 15 is 0 Å². The molecule has 0 aliphatic rings. The van der Waals surface area contributed by atoms with Gasteiger partial charge in [0, 0.05) is 12.6 Å². The standard InChI is InChI=1S/C21H15F2NO4/c22-14-5-8-16(9-6-14)28-19-11-15(23)7-10-18(19)20(25)24-12-13-3-1-2-4-17(13)21(26)27/h1-11H,12H2,(H,24,25)(H,26,27). The summed E-state index contributed by atoms with van der Waals surface area (Å²) in [6.45, 7) is -0.0331. The Morgan fingerprint density at radius 1 is 0.893 bits per heavy atom. The van der Waals surface area contributed by atoms with Gasteiger partial charge in [-0.15, -0.1) is 0 Å². The number of ether oxygens (including phenoxy) is 1. The maximum absolute atomic E-state index is 13.6. The van der Waals surface area contributed by atoms with Gasteiger partial charge in [0.1, 0.15) is 23.1 Å². The first-order valence-electron chi connectivity index (χ1n) is 8.26. The van der Waals surface area contributed by atoms with Crippen molar-refractivity contribution in [2.75, 3.05) is 0 Å². The summed E-state index contributed by atoms with van der Waals surface area (Å²) in [6.07, 6.45) is 0. The molecule has 0 fully saturated rings. The van der Waals surface area contributed by atoms with Crippen LogP contribution in [-0.2, 0) is 6.54 Å². The van der Waals surface area contributed by atoms with Crippen LogP contribution in [-0.4, -0.2) is 17.0 Å². The number of carbonyl (C=O) groups excluding carboxylic acids is 1. The highest BCUT2D eigenvalue weighted by Gasteiger charge is 2.16. The summed E-state index contributed by atoms with van der Waals surface area (Å²) in [7, 11) is 0. The summed E-state index contributed by atoms with van der Waals surface area (Å²) < 4.78 is 32.2. The predicted molar refractivity (Wildman–Crippen MR) is 97.4 cm³/mol. The summed E-state index contributed by atoms with van der Waals surface area (Å²) in [6, 6.07) is 14.7. The minimum atomic E-state index is -1.10. The molecule has 5 nitrogen and oxygen atoms in total. The van der Waals surface area contributed by atoms with Crippen molar-refractivity contribution in [3.8, 4) is 11.5 Å². The van der Waals surface area contributed by atoms with Crippen LogP contribution in [0.5, 0.6) is 11.5 Å². The topological polar surface area (TPSA) is 75.6 Å². The largest absolute Gasteiger partial charge is 0.478 e. The van der Waals surface area contributed by atoms with Crippen molar-refractivity contribution in [2.45, 2.75) is 6.54 Å². The molecule has 0 bridgehead atoms. The maximum atomic E-state index is 13.6. The van der Waals surface area contributed by atoms with Crippen molar-refractivity contribution < 1.29 is 28.2 Å². The van der Waals surface area contributed by atoms with Gasteiger partial charge in [0.05, 0.1) is 11.1 Å². The predicted octanol–water partition coefficient (Wildman–Crippen LogP) is 4.39. The van der Waals surface area contributed by atoms with E-state index in [9.17, 15) is 23.5 Å². The molecule has 0 spiro atoms. The van der Waals surface area contributed by atoms with Crippen molar-refractivity contribution in [3.05, 3.63) is 95.1 Å². The van der Waals surface area contributed by atoms with E-state index in [0.717, 1.165) is 12.1 Å². The quantitative estimate of drug-likeness (QED) is 0.662. The Bertz CT molecular complexity index is 1020. The number of hydrogen-bond acceptors (Lipinski definition) is 3. The number of rotatable bonds is 6. The van der Waals surface area contributed by atoms with E-state index in [1.165, 1.54) is 36.4 Å². The van der Waals surface area contributed by atoms with Gasteiger partial charge in [0.15, 0.2) is 0 Å². The third-order valence-corrected chi connectivity index (χ3v) is 3.92. The zero-order chi connectivity index (χ0) is 20.1. The van der Waals surface area contributed by atoms with Gasteiger partial charge < -0.3 is 15.2 Å². The van der Waals surface area contributed by atoms with Crippen molar-refractivity contribution >= 4 is 11.9 Å². The van der Waals surface area contributed by atoms with Crippen LogP contribution >= 0.6 is 0 Å². The molecule has 7 heteroatoms. The lowest BCUT2D eigenvalue weighted by molar-refractivity contribution is 0.0694. The average molecular weight is 383 g/mol. The highest BCUT2D eigenvalue weighted by Crippen LogP contribution is 2.26. The molecule has 0 atom stereocenters. The van der Waals surface area contributed by atoms with Crippen LogP contribution in [0.4, 0.5) is 8.78 Å². The molecule has 3 rings (SSSR count). The minimum absolute atomic E-state index is 0.0331. The van der Waals surface area contributed by atoms with E-state index in [0.29, 0.717) is 5.56 Å². The summed E-state index contributed by atoms with van der Waals surface area (Å²) in [5.41, 5.74) is 0.551.